The van der Waals surface area contributed by atoms with Crippen LogP contribution in [0.4, 0.5) is 0 Å². The lowest BCUT2D eigenvalue weighted by Crippen LogP contribution is -2.19. The summed E-state index contributed by atoms with van der Waals surface area (Å²) < 4.78 is 6.57. The van der Waals surface area contributed by atoms with E-state index in [1.54, 1.807) is 17.5 Å². The second kappa shape index (κ2) is 8.60. The summed E-state index contributed by atoms with van der Waals surface area (Å²) in [5.41, 5.74) is 3.39. The maximum atomic E-state index is 12.2. The first-order chi connectivity index (χ1) is 13.0. The van der Waals surface area contributed by atoms with Crippen molar-refractivity contribution in [3.63, 3.8) is 0 Å². The molecule has 0 amide bonds. The van der Waals surface area contributed by atoms with Crippen molar-refractivity contribution in [3.8, 4) is 11.1 Å². The molecule has 138 valence electrons. The second-order valence-corrected chi connectivity index (χ2v) is 6.89. The summed E-state index contributed by atoms with van der Waals surface area (Å²) in [6.45, 7) is 1.76. The van der Waals surface area contributed by atoms with Crippen molar-refractivity contribution in [2.75, 3.05) is 6.61 Å². The summed E-state index contributed by atoms with van der Waals surface area (Å²) in [6.07, 6.45) is 0.0533. The highest BCUT2D eigenvalue weighted by Gasteiger charge is 2.12. The van der Waals surface area contributed by atoms with Crippen LogP contribution in [0.3, 0.4) is 0 Å². The second-order valence-electron chi connectivity index (χ2n) is 6.07. The molecule has 0 radical (unpaired) electrons. The van der Waals surface area contributed by atoms with E-state index in [1.165, 1.54) is 4.57 Å². The van der Waals surface area contributed by atoms with E-state index < -0.39 is 5.97 Å². The summed E-state index contributed by atoms with van der Waals surface area (Å²) >= 11 is 1.10. The van der Waals surface area contributed by atoms with Gasteiger partial charge in [-0.3, -0.25) is 14.4 Å². The van der Waals surface area contributed by atoms with Gasteiger partial charge in [-0.2, -0.15) is 0 Å². The van der Waals surface area contributed by atoms with Gasteiger partial charge in [-0.1, -0.05) is 65.9 Å². The molecule has 0 spiro atoms. The van der Waals surface area contributed by atoms with E-state index in [0.717, 1.165) is 28.2 Å². The molecular formula is C21H19NO4S. The van der Waals surface area contributed by atoms with Crippen molar-refractivity contribution in [1.29, 1.82) is 0 Å². The highest BCUT2D eigenvalue weighted by molar-refractivity contribution is 7.07. The van der Waals surface area contributed by atoms with Crippen molar-refractivity contribution >= 4 is 23.1 Å². The van der Waals surface area contributed by atoms with Crippen LogP contribution >= 0.6 is 11.3 Å². The van der Waals surface area contributed by atoms with Crippen LogP contribution in [0.5, 0.6) is 0 Å². The van der Waals surface area contributed by atoms with Gasteiger partial charge < -0.3 is 9.30 Å². The minimum atomic E-state index is -0.498. The van der Waals surface area contributed by atoms with E-state index in [4.69, 9.17) is 4.74 Å². The van der Waals surface area contributed by atoms with Crippen LogP contribution in [0.2, 0.25) is 0 Å². The molecule has 27 heavy (non-hydrogen) atoms. The molecule has 0 saturated heterocycles. The molecule has 0 bridgehead atoms. The number of hydrogen-bond donors (Lipinski definition) is 0. The number of hydrogen-bond acceptors (Lipinski definition) is 5. The predicted octanol–water partition coefficient (Wildman–Crippen LogP) is 3.70. The fraction of sp³-hybridized carbons (Fsp3) is 0.190. The van der Waals surface area contributed by atoms with Crippen LogP contribution in [-0.4, -0.2) is 22.9 Å². The number of ketones is 1. The fourth-order valence-corrected chi connectivity index (χ4v) is 3.42. The largest absolute Gasteiger partial charge is 0.457 e. The molecule has 5 nitrogen and oxygen atoms in total. The lowest BCUT2D eigenvalue weighted by atomic mass is 10.0. The van der Waals surface area contributed by atoms with E-state index in [1.807, 2.05) is 49.4 Å². The van der Waals surface area contributed by atoms with Crippen molar-refractivity contribution in [3.05, 3.63) is 80.9 Å². The third-order valence-electron chi connectivity index (χ3n) is 4.19. The number of Topliss-reactive ketones (excluding diaryl/α,β-unsaturated/α-hetero) is 1. The number of ether oxygens (including phenoxy) is 1. The zero-order valence-corrected chi connectivity index (χ0v) is 15.7. The topological polar surface area (TPSA) is 65.4 Å². The van der Waals surface area contributed by atoms with Crippen molar-refractivity contribution in [2.45, 2.75) is 19.9 Å². The van der Waals surface area contributed by atoms with E-state index in [0.29, 0.717) is 5.56 Å². The highest BCUT2D eigenvalue weighted by Crippen LogP contribution is 2.19. The minimum Gasteiger partial charge on any atom is -0.457 e. The van der Waals surface area contributed by atoms with E-state index in [-0.39, 0.29) is 30.2 Å². The van der Waals surface area contributed by atoms with Gasteiger partial charge in [0.25, 0.3) is 0 Å². The first kappa shape index (κ1) is 18.8. The Bertz CT molecular complexity index is 987. The Morgan fingerprint density at radius 1 is 1.00 bits per heavy atom. The molecule has 1 aromatic heterocycles. The predicted molar refractivity (Wildman–Crippen MR) is 105 cm³/mol. The fourth-order valence-electron chi connectivity index (χ4n) is 2.66. The Labute approximate surface area is 160 Å². The van der Waals surface area contributed by atoms with Crippen molar-refractivity contribution in [1.82, 2.24) is 4.57 Å². The third kappa shape index (κ3) is 4.80. The summed E-state index contributed by atoms with van der Waals surface area (Å²) in [7, 11) is 0. The number of esters is 1. The Balaban J connectivity index is 1.51. The summed E-state index contributed by atoms with van der Waals surface area (Å²) in [6, 6.07) is 17.1. The molecule has 0 atom stereocenters. The molecule has 0 aliphatic carbocycles. The van der Waals surface area contributed by atoms with Gasteiger partial charge in [0, 0.05) is 23.2 Å². The molecule has 6 heteroatoms. The Kier molecular flexibility index (Phi) is 5.98. The molecule has 0 unspecified atom stereocenters. The quantitative estimate of drug-likeness (QED) is 0.462. The molecule has 0 fully saturated rings. The molecule has 0 aliphatic heterocycles. The summed E-state index contributed by atoms with van der Waals surface area (Å²) in [4.78, 5) is 35.6. The zero-order valence-electron chi connectivity index (χ0n) is 14.9. The Morgan fingerprint density at radius 2 is 1.67 bits per heavy atom. The SMILES string of the molecule is Cc1csc(=O)n1CCC(=O)OCC(=O)c1ccc(-c2ccccc2)cc1. The molecular weight excluding hydrogens is 362 g/mol. The number of thiazole rings is 1. The number of benzene rings is 2. The van der Waals surface area contributed by atoms with E-state index in [9.17, 15) is 14.4 Å². The Morgan fingerprint density at radius 3 is 2.30 bits per heavy atom. The van der Waals surface area contributed by atoms with Crippen LogP contribution in [-0.2, 0) is 16.1 Å². The van der Waals surface area contributed by atoms with Gasteiger partial charge in [0.15, 0.2) is 12.4 Å². The summed E-state index contributed by atoms with van der Waals surface area (Å²) in [5.74, 6) is -0.756. The average molecular weight is 381 g/mol. The van der Waals surface area contributed by atoms with Crippen LogP contribution < -0.4 is 4.87 Å². The van der Waals surface area contributed by atoms with Gasteiger partial charge in [-0.05, 0) is 18.1 Å². The Hall–Kier alpha value is -2.99. The summed E-state index contributed by atoms with van der Waals surface area (Å²) in [5, 5.41) is 1.75. The number of carbonyl (C=O) groups is 2. The van der Waals surface area contributed by atoms with Crippen molar-refractivity contribution < 1.29 is 14.3 Å². The monoisotopic (exact) mass is 381 g/mol. The van der Waals surface area contributed by atoms with E-state index in [2.05, 4.69) is 0 Å². The molecule has 2 aromatic carbocycles. The van der Waals surface area contributed by atoms with Gasteiger partial charge in [-0.15, -0.1) is 0 Å². The number of aromatic nitrogens is 1. The van der Waals surface area contributed by atoms with Gasteiger partial charge in [0.1, 0.15) is 0 Å². The minimum absolute atomic E-state index is 0.0533. The van der Waals surface area contributed by atoms with Gasteiger partial charge in [0.2, 0.25) is 0 Å². The number of nitrogens with zero attached hydrogens (tertiary/aromatic N) is 1. The molecule has 0 N–H and O–H groups in total. The average Bonchev–Trinajstić information content (AvgIpc) is 3.03. The highest BCUT2D eigenvalue weighted by atomic mass is 32.1. The van der Waals surface area contributed by atoms with Crippen LogP contribution in [0, 0.1) is 6.92 Å². The van der Waals surface area contributed by atoms with Crippen molar-refractivity contribution in [2.24, 2.45) is 0 Å². The maximum absolute atomic E-state index is 12.2. The first-order valence-electron chi connectivity index (χ1n) is 8.54. The lowest BCUT2D eigenvalue weighted by molar-refractivity contribution is -0.142. The standard InChI is InChI=1S/C21H19NO4S/c1-15-14-27-21(25)22(15)12-11-20(24)26-13-19(23)18-9-7-17(8-10-18)16-5-3-2-4-6-16/h2-10,14H,11-13H2,1H3. The number of rotatable bonds is 7. The molecule has 3 rings (SSSR count). The molecule has 3 aromatic rings. The van der Waals surface area contributed by atoms with Gasteiger partial charge >= 0.3 is 10.8 Å². The molecule has 0 saturated carbocycles. The zero-order chi connectivity index (χ0) is 19.2. The van der Waals surface area contributed by atoms with E-state index >= 15 is 0 Å². The van der Waals surface area contributed by atoms with Gasteiger partial charge in [-0.25, -0.2) is 0 Å². The van der Waals surface area contributed by atoms with Crippen LogP contribution in [0.25, 0.3) is 11.1 Å². The number of carbonyl (C=O) groups excluding carboxylic acids is 2. The maximum Gasteiger partial charge on any atom is 0.308 e. The first-order valence-corrected chi connectivity index (χ1v) is 9.42. The molecule has 1 heterocycles. The van der Waals surface area contributed by atoms with Gasteiger partial charge in [0.05, 0.1) is 6.42 Å². The van der Waals surface area contributed by atoms with Crippen LogP contribution in [0.1, 0.15) is 22.5 Å². The van der Waals surface area contributed by atoms with Crippen LogP contribution in [0.15, 0.2) is 64.8 Å². The third-order valence-corrected chi connectivity index (χ3v) is 5.08. The smallest absolute Gasteiger partial charge is 0.308 e. The molecule has 0 aliphatic rings. The number of aryl methyl sites for hydroxylation is 1. The normalized spacial score (nSPS) is 10.6. The lowest BCUT2D eigenvalue weighted by Gasteiger charge is -2.07.